The average molecular weight is 319 g/mol. The molecule has 0 spiro atoms. The van der Waals surface area contributed by atoms with Gasteiger partial charge in [0, 0.05) is 11.6 Å². The first kappa shape index (κ1) is 14.2. The number of fused-ring (bicyclic) bond motifs is 1. The normalized spacial score (nSPS) is 18.0. The number of aromatic nitrogens is 1. The number of halogens is 4. The number of nitrogens with zero attached hydrogens (tertiary/aromatic N) is 1. The molecule has 0 atom stereocenters. The number of benzene rings is 1. The molecule has 22 heavy (non-hydrogen) atoms. The van der Waals surface area contributed by atoms with Gasteiger partial charge in [-0.2, -0.15) is 17.6 Å². The van der Waals surface area contributed by atoms with E-state index in [4.69, 9.17) is 9.63 Å². The molecule has 0 radical (unpaired) electrons. The van der Waals surface area contributed by atoms with E-state index in [0.717, 1.165) is 18.2 Å². The van der Waals surface area contributed by atoms with E-state index in [9.17, 15) is 22.4 Å². The van der Waals surface area contributed by atoms with Gasteiger partial charge in [-0.1, -0.05) is 5.16 Å². The van der Waals surface area contributed by atoms with Gasteiger partial charge < -0.3 is 19.1 Å². The quantitative estimate of drug-likeness (QED) is 0.857. The summed E-state index contributed by atoms with van der Waals surface area (Å²) in [6, 6.07) is 4.16. The summed E-state index contributed by atoms with van der Waals surface area (Å²) in [5.74, 6) is -2.64. The Bertz CT molecular complexity index is 758. The highest BCUT2D eigenvalue weighted by Crippen LogP contribution is 2.47. The number of rotatable bonds is 2. The van der Waals surface area contributed by atoms with E-state index in [0.29, 0.717) is 0 Å². The fourth-order valence-corrected chi connectivity index (χ4v) is 1.73. The zero-order valence-corrected chi connectivity index (χ0v) is 10.3. The minimum Gasteiger partial charge on any atom is -0.476 e. The molecular weight excluding hydrogens is 314 g/mol. The Morgan fingerprint density at radius 1 is 1.05 bits per heavy atom. The van der Waals surface area contributed by atoms with Crippen molar-refractivity contribution >= 4 is 5.97 Å². The predicted molar refractivity (Wildman–Crippen MR) is 60.0 cm³/mol. The Balaban J connectivity index is 1.99. The van der Waals surface area contributed by atoms with Gasteiger partial charge in [0.25, 0.3) is 0 Å². The molecule has 116 valence electrons. The Hall–Kier alpha value is -2.78. The summed E-state index contributed by atoms with van der Waals surface area (Å²) < 4.78 is 64.8. The van der Waals surface area contributed by atoms with E-state index < -0.39 is 35.4 Å². The summed E-state index contributed by atoms with van der Waals surface area (Å²) in [5, 5.41) is 12.0. The number of carboxylic acids is 1. The van der Waals surface area contributed by atoms with Crippen LogP contribution in [0.4, 0.5) is 17.6 Å². The fourth-order valence-electron chi connectivity index (χ4n) is 1.73. The van der Waals surface area contributed by atoms with Gasteiger partial charge in [-0.25, -0.2) is 4.79 Å². The molecule has 1 aromatic carbocycles. The van der Waals surface area contributed by atoms with Crippen molar-refractivity contribution in [3.05, 3.63) is 30.0 Å². The number of carboxylic acid groups (broad SMARTS) is 1. The molecule has 6 nitrogen and oxygen atoms in total. The van der Waals surface area contributed by atoms with E-state index in [-0.39, 0.29) is 11.3 Å². The summed E-state index contributed by atoms with van der Waals surface area (Å²) in [7, 11) is 0. The zero-order valence-electron chi connectivity index (χ0n) is 10.3. The van der Waals surface area contributed by atoms with Crippen LogP contribution < -0.4 is 9.47 Å². The van der Waals surface area contributed by atoms with Crippen molar-refractivity contribution in [2.24, 2.45) is 0 Å². The van der Waals surface area contributed by atoms with Crippen molar-refractivity contribution in [3.8, 4) is 22.8 Å². The van der Waals surface area contributed by atoms with Crippen molar-refractivity contribution in [2.45, 2.75) is 12.2 Å². The van der Waals surface area contributed by atoms with E-state index in [2.05, 4.69) is 14.6 Å². The summed E-state index contributed by atoms with van der Waals surface area (Å²) >= 11 is 0. The van der Waals surface area contributed by atoms with Crippen molar-refractivity contribution in [3.63, 3.8) is 0 Å². The molecule has 0 fully saturated rings. The van der Waals surface area contributed by atoms with E-state index in [1.165, 1.54) is 6.07 Å². The van der Waals surface area contributed by atoms with Gasteiger partial charge in [-0.3, -0.25) is 0 Å². The lowest BCUT2D eigenvalue weighted by Crippen LogP contribution is -2.52. The molecule has 1 aliphatic heterocycles. The third-order valence-electron chi connectivity index (χ3n) is 2.77. The van der Waals surface area contributed by atoms with Crippen LogP contribution >= 0.6 is 0 Å². The molecule has 2 heterocycles. The van der Waals surface area contributed by atoms with Gasteiger partial charge in [0.15, 0.2) is 23.0 Å². The van der Waals surface area contributed by atoms with Crippen molar-refractivity contribution < 1.29 is 41.5 Å². The SMILES string of the molecule is O=C(O)c1cc(-c2ccc3c(c2)OC(F)(F)C(F)(F)O3)on1. The molecule has 1 aliphatic rings. The first-order valence-electron chi connectivity index (χ1n) is 5.68. The summed E-state index contributed by atoms with van der Waals surface area (Å²) in [6.45, 7) is 0. The Kier molecular flexibility index (Phi) is 2.81. The minimum atomic E-state index is -4.84. The van der Waals surface area contributed by atoms with E-state index >= 15 is 0 Å². The van der Waals surface area contributed by atoms with Crippen molar-refractivity contribution in [1.29, 1.82) is 0 Å². The number of ether oxygens (including phenoxy) is 2. The second-order valence-electron chi connectivity index (χ2n) is 4.28. The topological polar surface area (TPSA) is 81.8 Å². The second-order valence-corrected chi connectivity index (χ2v) is 4.28. The monoisotopic (exact) mass is 319 g/mol. The summed E-state index contributed by atoms with van der Waals surface area (Å²) in [4.78, 5) is 10.7. The molecule has 2 aromatic rings. The van der Waals surface area contributed by atoms with Gasteiger partial charge in [-0.15, -0.1) is 0 Å². The lowest BCUT2D eigenvalue weighted by Gasteiger charge is -2.31. The predicted octanol–water partition coefficient (Wildman–Crippen LogP) is 3.00. The minimum absolute atomic E-state index is 0.0653. The highest BCUT2D eigenvalue weighted by atomic mass is 19.3. The van der Waals surface area contributed by atoms with E-state index in [1.54, 1.807) is 0 Å². The lowest BCUT2D eigenvalue weighted by atomic mass is 10.1. The van der Waals surface area contributed by atoms with Crippen molar-refractivity contribution in [1.82, 2.24) is 5.16 Å². The smallest absolute Gasteiger partial charge is 0.476 e. The van der Waals surface area contributed by atoms with Crippen LogP contribution in [0.2, 0.25) is 0 Å². The highest BCUT2D eigenvalue weighted by Gasteiger charge is 2.65. The molecule has 1 N–H and O–H groups in total. The van der Waals surface area contributed by atoms with E-state index in [1.807, 2.05) is 0 Å². The standard InChI is InChI=1S/C12H5F4NO5/c13-11(14)12(15,16)21-9-3-5(1-2-7(9)20-11)8-4-6(10(18)19)17-22-8/h1-4H,(H,18,19). The molecule has 0 amide bonds. The first-order valence-corrected chi connectivity index (χ1v) is 5.68. The Morgan fingerprint density at radius 3 is 2.27 bits per heavy atom. The van der Waals surface area contributed by atoms with Crippen LogP contribution in [0.5, 0.6) is 11.5 Å². The average Bonchev–Trinajstić information content (AvgIpc) is 2.88. The van der Waals surface area contributed by atoms with Crippen LogP contribution in [0, 0.1) is 0 Å². The number of carbonyl (C=O) groups is 1. The zero-order chi connectivity index (χ0) is 16.1. The number of hydrogen-bond donors (Lipinski definition) is 1. The maximum atomic E-state index is 13.1. The molecule has 1 aromatic heterocycles. The number of aromatic carboxylic acids is 1. The van der Waals surface area contributed by atoms with Gasteiger partial charge in [0.05, 0.1) is 0 Å². The maximum Gasteiger partial charge on any atom is 0.507 e. The molecule has 10 heteroatoms. The van der Waals surface area contributed by atoms with Crippen LogP contribution in [0.1, 0.15) is 10.5 Å². The Morgan fingerprint density at radius 2 is 1.68 bits per heavy atom. The molecule has 0 saturated heterocycles. The third kappa shape index (κ3) is 2.12. The fraction of sp³-hybridized carbons (Fsp3) is 0.167. The van der Waals surface area contributed by atoms with Gasteiger partial charge in [0.1, 0.15) is 0 Å². The molecule has 0 aliphatic carbocycles. The summed E-state index contributed by atoms with van der Waals surface area (Å²) in [6.07, 6.45) is -9.64. The largest absolute Gasteiger partial charge is 0.507 e. The molecule has 0 bridgehead atoms. The third-order valence-corrected chi connectivity index (χ3v) is 2.77. The van der Waals surface area contributed by atoms with Crippen LogP contribution in [-0.2, 0) is 0 Å². The molecule has 3 rings (SSSR count). The van der Waals surface area contributed by atoms with Crippen LogP contribution in [-0.4, -0.2) is 28.4 Å². The first-order chi connectivity index (χ1) is 10.2. The maximum absolute atomic E-state index is 13.1. The summed E-state index contributed by atoms with van der Waals surface area (Å²) in [5.41, 5.74) is -0.301. The lowest BCUT2D eigenvalue weighted by molar-refractivity contribution is -0.391. The van der Waals surface area contributed by atoms with Crippen molar-refractivity contribution in [2.75, 3.05) is 0 Å². The van der Waals surface area contributed by atoms with Crippen LogP contribution in [0.3, 0.4) is 0 Å². The van der Waals surface area contributed by atoms with Gasteiger partial charge in [-0.05, 0) is 18.2 Å². The molecule has 0 unspecified atom stereocenters. The van der Waals surface area contributed by atoms with Crippen LogP contribution in [0.25, 0.3) is 11.3 Å². The Labute approximate surface area is 118 Å². The highest BCUT2D eigenvalue weighted by molar-refractivity contribution is 5.86. The molecular formula is C12H5F4NO5. The van der Waals surface area contributed by atoms with Crippen LogP contribution in [0.15, 0.2) is 28.8 Å². The number of hydrogen-bond acceptors (Lipinski definition) is 5. The number of alkyl halides is 4. The molecule has 0 saturated carbocycles. The van der Waals surface area contributed by atoms with Gasteiger partial charge >= 0.3 is 18.2 Å². The second kappa shape index (κ2) is 4.36. The van der Waals surface area contributed by atoms with Gasteiger partial charge in [0.2, 0.25) is 0 Å².